The zero-order valence-corrected chi connectivity index (χ0v) is 13.0. The Hall–Kier alpha value is -0.980. The Kier molecular flexibility index (Phi) is 7.62. The third kappa shape index (κ3) is 5.67. The fourth-order valence-electron chi connectivity index (χ4n) is 2.59. The summed E-state index contributed by atoms with van der Waals surface area (Å²) in [6.45, 7) is 6.49. The summed E-state index contributed by atoms with van der Waals surface area (Å²) in [5, 5.41) is 10.1. The summed E-state index contributed by atoms with van der Waals surface area (Å²) in [5.41, 5.74) is 3.59. The zero-order valence-electron chi connectivity index (χ0n) is 13.0. The molecule has 19 heavy (non-hydrogen) atoms. The van der Waals surface area contributed by atoms with E-state index in [0.717, 1.165) is 24.0 Å². The van der Waals surface area contributed by atoms with E-state index in [1.165, 1.54) is 50.5 Å². The van der Waals surface area contributed by atoms with Gasteiger partial charge in [-0.05, 0) is 49.3 Å². The number of rotatable bonds is 9. The summed E-state index contributed by atoms with van der Waals surface area (Å²) in [7, 11) is 0. The van der Waals surface area contributed by atoms with Gasteiger partial charge in [-0.1, -0.05) is 58.1 Å². The Morgan fingerprint density at radius 2 is 1.47 bits per heavy atom. The molecule has 0 aliphatic rings. The van der Waals surface area contributed by atoms with Crippen molar-refractivity contribution in [2.45, 2.75) is 78.6 Å². The molecule has 0 fully saturated rings. The SMILES string of the molecule is CCCCCCc1cc(C)c(O)c(CCCCC)c1. The summed E-state index contributed by atoms with van der Waals surface area (Å²) < 4.78 is 0. The molecule has 1 heteroatoms. The van der Waals surface area contributed by atoms with Gasteiger partial charge in [0.25, 0.3) is 0 Å². The van der Waals surface area contributed by atoms with Crippen LogP contribution in [0, 0.1) is 6.92 Å². The highest BCUT2D eigenvalue weighted by Crippen LogP contribution is 2.26. The van der Waals surface area contributed by atoms with Gasteiger partial charge in [0, 0.05) is 0 Å². The van der Waals surface area contributed by atoms with Crippen LogP contribution in [0.15, 0.2) is 12.1 Å². The predicted octanol–water partition coefficient (Wildman–Crippen LogP) is 5.56. The molecule has 0 saturated heterocycles. The van der Waals surface area contributed by atoms with Gasteiger partial charge >= 0.3 is 0 Å². The highest BCUT2D eigenvalue weighted by Gasteiger charge is 2.07. The zero-order chi connectivity index (χ0) is 14.1. The van der Waals surface area contributed by atoms with Gasteiger partial charge in [-0.3, -0.25) is 0 Å². The monoisotopic (exact) mass is 262 g/mol. The normalized spacial score (nSPS) is 10.9. The Morgan fingerprint density at radius 3 is 2.16 bits per heavy atom. The highest BCUT2D eigenvalue weighted by molar-refractivity contribution is 5.43. The quantitative estimate of drug-likeness (QED) is 0.578. The Bertz CT molecular complexity index is 368. The van der Waals surface area contributed by atoms with Crippen molar-refractivity contribution >= 4 is 0 Å². The van der Waals surface area contributed by atoms with E-state index >= 15 is 0 Å². The summed E-state index contributed by atoms with van der Waals surface area (Å²) >= 11 is 0. The van der Waals surface area contributed by atoms with Gasteiger partial charge in [-0.2, -0.15) is 0 Å². The lowest BCUT2D eigenvalue weighted by Crippen LogP contribution is -1.94. The van der Waals surface area contributed by atoms with Crippen molar-refractivity contribution < 1.29 is 5.11 Å². The second kappa shape index (κ2) is 9.01. The molecule has 0 radical (unpaired) electrons. The van der Waals surface area contributed by atoms with E-state index in [2.05, 4.69) is 26.0 Å². The largest absolute Gasteiger partial charge is 0.507 e. The van der Waals surface area contributed by atoms with Crippen molar-refractivity contribution in [3.05, 3.63) is 28.8 Å². The van der Waals surface area contributed by atoms with Crippen molar-refractivity contribution in [1.82, 2.24) is 0 Å². The number of aromatic hydroxyl groups is 1. The molecule has 1 nitrogen and oxygen atoms in total. The summed E-state index contributed by atoms with van der Waals surface area (Å²) in [6, 6.07) is 4.38. The number of unbranched alkanes of at least 4 members (excludes halogenated alkanes) is 5. The van der Waals surface area contributed by atoms with Crippen molar-refractivity contribution in [1.29, 1.82) is 0 Å². The first kappa shape index (κ1) is 16.1. The third-order valence-electron chi connectivity index (χ3n) is 3.81. The summed E-state index contributed by atoms with van der Waals surface area (Å²) in [6.07, 6.45) is 11.1. The molecule has 1 rings (SSSR count). The molecular formula is C18H30O. The molecule has 0 saturated carbocycles. The van der Waals surface area contributed by atoms with Crippen LogP contribution in [-0.2, 0) is 12.8 Å². The lowest BCUT2D eigenvalue weighted by Gasteiger charge is -2.11. The molecule has 1 N–H and O–H groups in total. The third-order valence-corrected chi connectivity index (χ3v) is 3.81. The minimum Gasteiger partial charge on any atom is -0.507 e. The van der Waals surface area contributed by atoms with Crippen LogP contribution in [0.4, 0.5) is 0 Å². The van der Waals surface area contributed by atoms with Crippen LogP contribution in [0.2, 0.25) is 0 Å². The Balaban J connectivity index is 2.61. The highest BCUT2D eigenvalue weighted by atomic mass is 16.3. The van der Waals surface area contributed by atoms with Crippen LogP contribution in [0.3, 0.4) is 0 Å². The van der Waals surface area contributed by atoms with Crippen LogP contribution in [-0.4, -0.2) is 5.11 Å². The molecule has 0 aliphatic heterocycles. The number of phenols is 1. The maximum absolute atomic E-state index is 10.1. The van der Waals surface area contributed by atoms with E-state index in [-0.39, 0.29) is 0 Å². The average Bonchev–Trinajstić information content (AvgIpc) is 2.40. The first-order chi connectivity index (χ1) is 9.19. The van der Waals surface area contributed by atoms with E-state index in [9.17, 15) is 5.11 Å². The molecule has 0 atom stereocenters. The van der Waals surface area contributed by atoms with Gasteiger partial charge in [0.1, 0.15) is 5.75 Å². The van der Waals surface area contributed by atoms with Gasteiger partial charge in [-0.25, -0.2) is 0 Å². The van der Waals surface area contributed by atoms with Gasteiger partial charge in [0.15, 0.2) is 0 Å². The van der Waals surface area contributed by atoms with E-state index in [4.69, 9.17) is 0 Å². The first-order valence-electron chi connectivity index (χ1n) is 8.00. The molecule has 0 spiro atoms. The van der Waals surface area contributed by atoms with Gasteiger partial charge in [0.05, 0.1) is 0 Å². The maximum atomic E-state index is 10.1. The number of phenolic OH excluding ortho intramolecular Hbond substituents is 1. The molecule has 0 bridgehead atoms. The van der Waals surface area contributed by atoms with Crippen LogP contribution in [0.1, 0.15) is 75.5 Å². The predicted molar refractivity (Wildman–Crippen MR) is 83.9 cm³/mol. The Labute approximate surface area is 119 Å². The number of hydrogen-bond acceptors (Lipinski definition) is 1. The fourth-order valence-corrected chi connectivity index (χ4v) is 2.59. The molecule has 0 heterocycles. The van der Waals surface area contributed by atoms with E-state index in [1.807, 2.05) is 6.92 Å². The van der Waals surface area contributed by atoms with E-state index in [1.54, 1.807) is 0 Å². The number of aryl methyl sites for hydroxylation is 3. The lowest BCUT2D eigenvalue weighted by atomic mass is 9.97. The van der Waals surface area contributed by atoms with Crippen LogP contribution >= 0.6 is 0 Å². The molecule has 0 amide bonds. The molecule has 0 aromatic heterocycles. The maximum Gasteiger partial charge on any atom is 0.121 e. The smallest absolute Gasteiger partial charge is 0.121 e. The van der Waals surface area contributed by atoms with Crippen molar-refractivity contribution in [3.8, 4) is 5.75 Å². The van der Waals surface area contributed by atoms with Gasteiger partial charge in [-0.15, -0.1) is 0 Å². The molecule has 1 aromatic rings. The average molecular weight is 262 g/mol. The Morgan fingerprint density at radius 1 is 0.842 bits per heavy atom. The number of hydrogen-bond donors (Lipinski definition) is 1. The van der Waals surface area contributed by atoms with Gasteiger partial charge < -0.3 is 5.11 Å². The van der Waals surface area contributed by atoms with Crippen molar-refractivity contribution in [3.63, 3.8) is 0 Å². The van der Waals surface area contributed by atoms with Crippen LogP contribution in [0.5, 0.6) is 5.75 Å². The fraction of sp³-hybridized carbons (Fsp3) is 0.667. The summed E-state index contributed by atoms with van der Waals surface area (Å²) in [4.78, 5) is 0. The molecule has 1 aromatic carbocycles. The standard InChI is InChI=1S/C18H30O/c1-4-6-8-10-11-16-13-15(3)18(19)17(14-16)12-9-7-5-2/h13-14,19H,4-12H2,1-3H3. The number of benzene rings is 1. The topological polar surface area (TPSA) is 20.2 Å². The second-order valence-electron chi connectivity index (χ2n) is 5.69. The molecule has 0 aliphatic carbocycles. The van der Waals surface area contributed by atoms with E-state index < -0.39 is 0 Å². The van der Waals surface area contributed by atoms with E-state index in [0.29, 0.717) is 5.75 Å². The minimum absolute atomic E-state index is 0.522. The van der Waals surface area contributed by atoms with Gasteiger partial charge in [0.2, 0.25) is 0 Å². The minimum atomic E-state index is 0.522. The van der Waals surface area contributed by atoms with Crippen LogP contribution in [0.25, 0.3) is 0 Å². The molecular weight excluding hydrogens is 232 g/mol. The van der Waals surface area contributed by atoms with Crippen molar-refractivity contribution in [2.75, 3.05) is 0 Å². The first-order valence-corrected chi connectivity index (χ1v) is 8.00. The van der Waals surface area contributed by atoms with Crippen LogP contribution < -0.4 is 0 Å². The summed E-state index contributed by atoms with van der Waals surface area (Å²) in [5.74, 6) is 0.522. The van der Waals surface area contributed by atoms with Crippen molar-refractivity contribution in [2.24, 2.45) is 0 Å². The lowest BCUT2D eigenvalue weighted by molar-refractivity contribution is 0.462. The second-order valence-corrected chi connectivity index (χ2v) is 5.69. The molecule has 0 unspecified atom stereocenters. The molecule has 108 valence electrons.